The fraction of sp³-hybridized carbons (Fsp3) is 0.0408. The number of para-hydroxylation sites is 4. The molecule has 0 saturated carbocycles. The minimum absolute atomic E-state index is 0.972. The van der Waals surface area contributed by atoms with Crippen LogP contribution in [0.15, 0.2) is 328 Å². The zero-order valence-electron chi connectivity index (χ0n) is 57.9. The molecular formula is C98H66N6. The van der Waals surface area contributed by atoms with Crippen molar-refractivity contribution in [1.29, 1.82) is 0 Å². The van der Waals surface area contributed by atoms with Gasteiger partial charge in [0.2, 0.25) is 0 Å². The normalized spacial score (nSPS) is 11.7. The maximum Gasteiger partial charge on any atom is 0.0791 e. The molecule has 0 spiro atoms. The maximum absolute atomic E-state index is 5.48. The van der Waals surface area contributed by atoms with Crippen LogP contribution in [0.25, 0.3) is 198 Å². The summed E-state index contributed by atoms with van der Waals surface area (Å²) in [6.45, 7) is 9.09. The number of benzene rings is 14. The third-order valence-electron chi connectivity index (χ3n) is 21.3. The van der Waals surface area contributed by atoms with Crippen LogP contribution in [0.1, 0.15) is 22.3 Å². The molecule has 0 saturated heterocycles. The highest BCUT2D eigenvalue weighted by molar-refractivity contribution is 6.28. The van der Waals surface area contributed by atoms with Crippen molar-refractivity contribution in [2.24, 2.45) is 0 Å². The van der Waals surface area contributed by atoms with Crippen LogP contribution in [0, 0.1) is 27.7 Å². The van der Waals surface area contributed by atoms with Crippen LogP contribution in [-0.4, -0.2) is 29.9 Å². The fourth-order valence-electron chi connectivity index (χ4n) is 16.5. The third kappa shape index (κ3) is 10.3. The molecule has 0 aliphatic heterocycles. The van der Waals surface area contributed by atoms with Crippen LogP contribution in [-0.2, 0) is 0 Å². The van der Waals surface area contributed by atoms with Gasteiger partial charge in [-0.3, -0.25) is 9.97 Å². The largest absolute Gasteiger partial charge is 0.264 e. The van der Waals surface area contributed by atoms with Crippen LogP contribution in [0.2, 0.25) is 0 Å². The number of nitrogens with zero attached hydrogens (tertiary/aromatic N) is 6. The Balaban J connectivity index is 0.000000144. The Labute approximate surface area is 602 Å². The number of aromatic nitrogens is 6. The summed E-state index contributed by atoms with van der Waals surface area (Å²) >= 11 is 0. The van der Waals surface area contributed by atoms with E-state index in [1.807, 2.05) is 36.9 Å². The van der Waals surface area contributed by atoms with Crippen LogP contribution in [0.4, 0.5) is 0 Å². The molecule has 488 valence electrons. The van der Waals surface area contributed by atoms with Crippen molar-refractivity contribution in [2.75, 3.05) is 0 Å². The lowest BCUT2D eigenvalue weighted by Crippen LogP contribution is -1.99. The first kappa shape index (κ1) is 61.7. The fourth-order valence-corrected chi connectivity index (χ4v) is 16.5. The van der Waals surface area contributed by atoms with Gasteiger partial charge in [0.25, 0.3) is 0 Å². The Morgan fingerprint density at radius 3 is 0.923 bits per heavy atom. The standard InChI is InChI=1S/C50H34N4.C48H32N2/c1-31-46-42-20-7-9-22-44(42)54-50(48(46)32(2)45-41-19-6-8-21-43(41)53-49(47(31)45)33-13-4-3-5-14-33)35-16-10-15-34(25-35)38-26-39(36-17-11-23-51-29-36)28-40(27-38)37-18-12-24-52-30-37;1-29-44-39-21-11-13-23-42(39)50-48(33-26-24-31(25-27-33)40-28-34-16-6-7-17-35(34)36-18-8-9-19-37(36)40)46(44)30(2)43-38-20-10-12-22-41(38)49-47(45(29)43)32-14-4-3-5-15-32/h3-30H,1-2H3;3-28H,1-2H3. The molecule has 6 aromatic heterocycles. The predicted octanol–water partition coefficient (Wildman–Crippen LogP) is 25.8. The number of hydrogen-bond donors (Lipinski definition) is 0. The van der Waals surface area contributed by atoms with Crippen molar-refractivity contribution < 1.29 is 0 Å². The summed E-state index contributed by atoms with van der Waals surface area (Å²) in [6.07, 6.45) is 7.47. The zero-order chi connectivity index (χ0) is 69.5. The molecule has 0 aliphatic rings. The van der Waals surface area contributed by atoms with Gasteiger partial charge >= 0.3 is 0 Å². The molecule has 104 heavy (non-hydrogen) atoms. The van der Waals surface area contributed by atoms with Gasteiger partial charge in [0.15, 0.2) is 0 Å². The maximum atomic E-state index is 5.48. The molecule has 0 unspecified atom stereocenters. The predicted molar refractivity (Wildman–Crippen MR) is 437 cm³/mol. The Bertz CT molecular complexity index is 6800. The lowest BCUT2D eigenvalue weighted by atomic mass is 9.85. The van der Waals surface area contributed by atoms with Crippen LogP contribution in [0.5, 0.6) is 0 Å². The van der Waals surface area contributed by atoms with E-state index in [9.17, 15) is 0 Å². The lowest BCUT2D eigenvalue weighted by Gasteiger charge is -2.21. The molecule has 0 fully saturated rings. The molecule has 6 nitrogen and oxygen atoms in total. The molecule has 20 aromatic rings. The minimum atomic E-state index is 0.972. The van der Waals surface area contributed by atoms with Crippen LogP contribution < -0.4 is 0 Å². The SMILES string of the molecule is Cc1c2c(-c3ccc(-c4cc5ccccc5c5ccccc45)cc3)nc3ccccc3c2c(C)c2c(-c3ccccc3)nc3ccccc3c12.Cc1c2c(-c3cccc(-c4cc(-c5cccnc5)cc(-c5cccnc5)c4)c3)nc3ccccc3c2c(C)c2c(-c3ccccc3)nc3ccccc3c12. The molecule has 0 aliphatic carbocycles. The molecule has 6 heteroatoms. The van der Waals surface area contributed by atoms with E-state index in [0.717, 1.165) is 111 Å². The molecule has 0 atom stereocenters. The Morgan fingerprint density at radius 2 is 0.500 bits per heavy atom. The number of rotatable bonds is 8. The molecule has 14 aromatic carbocycles. The first-order chi connectivity index (χ1) is 51.3. The third-order valence-corrected chi connectivity index (χ3v) is 21.3. The van der Waals surface area contributed by atoms with E-state index in [1.54, 1.807) is 0 Å². The minimum Gasteiger partial charge on any atom is -0.264 e. The van der Waals surface area contributed by atoms with E-state index in [-0.39, 0.29) is 0 Å². The second kappa shape index (κ2) is 25.3. The van der Waals surface area contributed by atoms with E-state index in [1.165, 1.54) is 109 Å². The van der Waals surface area contributed by atoms with Gasteiger partial charge in [-0.2, -0.15) is 0 Å². The smallest absolute Gasteiger partial charge is 0.0791 e. The summed E-state index contributed by atoms with van der Waals surface area (Å²) in [5, 5.41) is 19.4. The molecule has 20 rings (SSSR count). The van der Waals surface area contributed by atoms with Crippen molar-refractivity contribution in [3.05, 3.63) is 350 Å². The van der Waals surface area contributed by atoms with Gasteiger partial charge < -0.3 is 0 Å². The van der Waals surface area contributed by atoms with E-state index >= 15 is 0 Å². The van der Waals surface area contributed by atoms with Gasteiger partial charge in [-0.05, 0) is 193 Å². The van der Waals surface area contributed by atoms with Gasteiger partial charge in [-0.1, -0.05) is 237 Å². The Hall–Kier alpha value is -13.4. The van der Waals surface area contributed by atoms with Crippen molar-refractivity contribution in [3.8, 4) is 89.5 Å². The summed E-state index contributed by atoms with van der Waals surface area (Å²) in [7, 11) is 0. The summed E-state index contributed by atoms with van der Waals surface area (Å²) < 4.78 is 0. The second-order valence-corrected chi connectivity index (χ2v) is 27.3. The first-order valence-electron chi connectivity index (χ1n) is 35.5. The highest BCUT2D eigenvalue weighted by Crippen LogP contribution is 2.49. The van der Waals surface area contributed by atoms with E-state index in [2.05, 4.69) is 329 Å². The van der Waals surface area contributed by atoms with Crippen molar-refractivity contribution in [3.63, 3.8) is 0 Å². The number of aryl methyl sites for hydroxylation is 4. The van der Waals surface area contributed by atoms with Crippen LogP contribution in [0.3, 0.4) is 0 Å². The van der Waals surface area contributed by atoms with Gasteiger partial charge in [-0.25, -0.2) is 19.9 Å². The van der Waals surface area contributed by atoms with E-state index in [4.69, 9.17) is 19.9 Å². The quantitative estimate of drug-likeness (QED) is 0.111. The van der Waals surface area contributed by atoms with Crippen molar-refractivity contribution in [2.45, 2.75) is 27.7 Å². The van der Waals surface area contributed by atoms with E-state index < -0.39 is 0 Å². The van der Waals surface area contributed by atoms with E-state index in [0.29, 0.717) is 0 Å². The summed E-state index contributed by atoms with van der Waals surface area (Å²) in [4.78, 5) is 30.4. The van der Waals surface area contributed by atoms with Crippen molar-refractivity contribution >= 4 is 108 Å². The average molecular weight is 1330 g/mol. The average Bonchev–Trinajstić information content (AvgIpc) is 0.625. The lowest BCUT2D eigenvalue weighted by molar-refractivity contribution is 1.32. The molecule has 0 N–H and O–H groups in total. The molecule has 0 bridgehead atoms. The number of pyridine rings is 6. The summed E-state index contributed by atoms with van der Waals surface area (Å²) in [5.74, 6) is 0. The molecule has 0 radical (unpaired) electrons. The highest BCUT2D eigenvalue weighted by Gasteiger charge is 2.26. The summed E-state index contributed by atoms with van der Waals surface area (Å²) in [5.41, 5.74) is 26.3. The van der Waals surface area contributed by atoms with Gasteiger partial charge in [0.05, 0.1) is 44.8 Å². The van der Waals surface area contributed by atoms with Gasteiger partial charge in [-0.15, -0.1) is 0 Å². The topological polar surface area (TPSA) is 77.3 Å². The first-order valence-corrected chi connectivity index (χ1v) is 35.5. The molecular weight excluding hydrogens is 1260 g/mol. The van der Waals surface area contributed by atoms with Gasteiger partial charge in [0, 0.05) is 101 Å². The molecule has 6 heterocycles. The monoisotopic (exact) mass is 1330 g/mol. The Morgan fingerprint density at radius 1 is 0.192 bits per heavy atom. The zero-order valence-corrected chi connectivity index (χ0v) is 57.9. The summed E-state index contributed by atoms with van der Waals surface area (Å²) in [6, 6.07) is 108. The Kier molecular flexibility index (Phi) is 15.0. The second-order valence-electron chi connectivity index (χ2n) is 27.3. The van der Waals surface area contributed by atoms with Crippen molar-refractivity contribution in [1.82, 2.24) is 29.9 Å². The molecule has 0 amide bonds. The highest BCUT2D eigenvalue weighted by atomic mass is 14.7. The van der Waals surface area contributed by atoms with Crippen LogP contribution >= 0.6 is 0 Å². The number of hydrogen-bond acceptors (Lipinski definition) is 6. The number of fused-ring (bicyclic) bond motifs is 15. The van der Waals surface area contributed by atoms with Gasteiger partial charge in [0.1, 0.15) is 0 Å².